The fourth-order valence-corrected chi connectivity index (χ4v) is 0.718. The lowest BCUT2D eigenvalue weighted by molar-refractivity contribution is 0.159. The maximum absolute atomic E-state index is 8.17. The molecule has 0 rings (SSSR count). The van der Waals surface area contributed by atoms with E-state index >= 15 is 0 Å². The molecule has 0 heterocycles. The third-order valence-electron chi connectivity index (χ3n) is 1.15. The first kappa shape index (κ1) is 9.41. The zero-order valence-electron chi connectivity index (χ0n) is 6.55. The molecule has 58 valence electrons. The standard InChI is InChI=1S/C7H14N2O/c1-7(6-10-2)5-9-4-3-8/h7,9H,4-6H2,1-2H3. The monoisotopic (exact) mass is 142 g/mol. The van der Waals surface area contributed by atoms with E-state index in [0.29, 0.717) is 12.5 Å². The molecule has 10 heavy (non-hydrogen) atoms. The molecule has 1 unspecified atom stereocenters. The van der Waals surface area contributed by atoms with Crippen LogP contribution < -0.4 is 5.32 Å². The van der Waals surface area contributed by atoms with Crippen LogP contribution in [0.1, 0.15) is 6.92 Å². The summed E-state index contributed by atoms with van der Waals surface area (Å²) in [5, 5.41) is 11.1. The van der Waals surface area contributed by atoms with E-state index in [1.807, 2.05) is 6.07 Å². The first-order valence-electron chi connectivity index (χ1n) is 3.38. The van der Waals surface area contributed by atoms with Crippen LogP contribution in [0.2, 0.25) is 0 Å². The Labute approximate surface area is 62.0 Å². The summed E-state index contributed by atoms with van der Waals surface area (Å²) >= 11 is 0. The lowest BCUT2D eigenvalue weighted by Gasteiger charge is -2.08. The molecule has 3 nitrogen and oxygen atoms in total. The Bertz CT molecular complexity index is 109. The van der Waals surface area contributed by atoms with Gasteiger partial charge in [0.1, 0.15) is 0 Å². The van der Waals surface area contributed by atoms with E-state index in [1.165, 1.54) is 0 Å². The van der Waals surface area contributed by atoms with Crippen molar-refractivity contribution in [2.75, 3.05) is 26.8 Å². The van der Waals surface area contributed by atoms with Crippen LogP contribution >= 0.6 is 0 Å². The Hall–Kier alpha value is -0.590. The van der Waals surface area contributed by atoms with Crippen molar-refractivity contribution in [3.05, 3.63) is 0 Å². The molecule has 1 atom stereocenters. The summed E-state index contributed by atoms with van der Waals surface area (Å²) < 4.78 is 4.91. The largest absolute Gasteiger partial charge is 0.384 e. The topological polar surface area (TPSA) is 45.0 Å². The maximum atomic E-state index is 8.17. The van der Waals surface area contributed by atoms with Gasteiger partial charge in [-0.3, -0.25) is 0 Å². The Morgan fingerprint density at radius 2 is 2.40 bits per heavy atom. The lowest BCUT2D eigenvalue weighted by Crippen LogP contribution is -2.23. The number of nitrogens with zero attached hydrogens (tertiary/aromatic N) is 1. The molecular weight excluding hydrogens is 128 g/mol. The van der Waals surface area contributed by atoms with E-state index in [1.54, 1.807) is 7.11 Å². The van der Waals surface area contributed by atoms with Gasteiger partial charge in [0.15, 0.2) is 0 Å². The third kappa shape index (κ3) is 5.54. The van der Waals surface area contributed by atoms with Crippen LogP contribution in [0.3, 0.4) is 0 Å². The van der Waals surface area contributed by atoms with Gasteiger partial charge in [-0.05, 0) is 5.92 Å². The molecule has 0 aliphatic heterocycles. The molecule has 0 aliphatic carbocycles. The Morgan fingerprint density at radius 3 is 2.90 bits per heavy atom. The Kier molecular flexibility index (Phi) is 6.14. The van der Waals surface area contributed by atoms with Crippen LogP contribution in [0, 0.1) is 17.2 Å². The second-order valence-electron chi connectivity index (χ2n) is 2.35. The van der Waals surface area contributed by atoms with E-state index in [9.17, 15) is 0 Å². The summed E-state index contributed by atoms with van der Waals surface area (Å²) in [4.78, 5) is 0. The molecule has 0 saturated carbocycles. The van der Waals surface area contributed by atoms with Gasteiger partial charge in [0, 0.05) is 20.3 Å². The number of nitrogens with one attached hydrogen (secondary N) is 1. The Balaban J connectivity index is 3.06. The van der Waals surface area contributed by atoms with Gasteiger partial charge >= 0.3 is 0 Å². The predicted octanol–water partition coefficient (Wildman–Crippen LogP) is 0.382. The molecule has 0 fully saturated rings. The summed E-state index contributed by atoms with van der Waals surface area (Å²) in [5.41, 5.74) is 0. The molecule has 1 N–H and O–H groups in total. The minimum absolute atomic E-state index is 0.425. The van der Waals surface area contributed by atoms with Gasteiger partial charge in [-0.1, -0.05) is 6.92 Å². The zero-order chi connectivity index (χ0) is 7.82. The number of ether oxygens (including phenoxy) is 1. The second kappa shape index (κ2) is 6.53. The van der Waals surface area contributed by atoms with Gasteiger partial charge in [-0.15, -0.1) is 0 Å². The average Bonchev–Trinajstić information content (AvgIpc) is 1.89. The van der Waals surface area contributed by atoms with Crippen molar-refractivity contribution in [1.29, 1.82) is 5.26 Å². The Morgan fingerprint density at radius 1 is 1.70 bits per heavy atom. The van der Waals surface area contributed by atoms with Gasteiger partial charge in [-0.2, -0.15) is 5.26 Å². The van der Waals surface area contributed by atoms with Crippen LogP contribution in [0.4, 0.5) is 0 Å². The lowest BCUT2D eigenvalue weighted by atomic mass is 10.2. The van der Waals surface area contributed by atoms with Crippen molar-refractivity contribution in [2.45, 2.75) is 6.92 Å². The molecular formula is C7H14N2O. The number of hydrogen-bond acceptors (Lipinski definition) is 3. The molecule has 0 aromatic carbocycles. The van der Waals surface area contributed by atoms with E-state index < -0.39 is 0 Å². The molecule has 0 radical (unpaired) electrons. The second-order valence-corrected chi connectivity index (χ2v) is 2.35. The summed E-state index contributed by atoms with van der Waals surface area (Å²) in [5.74, 6) is 0.485. The van der Waals surface area contributed by atoms with Crippen LogP contribution in [0.15, 0.2) is 0 Å². The number of rotatable bonds is 5. The summed E-state index contributed by atoms with van der Waals surface area (Å²) in [7, 11) is 1.68. The van der Waals surface area contributed by atoms with Crippen LogP contribution in [0.25, 0.3) is 0 Å². The molecule has 0 aromatic heterocycles. The number of nitriles is 1. The minimum atomic E-state index is 0.425. The highest BCUT2D eigenvalue weighted by Gasteiger charge is 1.98. The smallest absolute Gasteiger partial charge is 0.0841 e. The fourth-order valence-electron chi connectivity index (χ4n) is 0.718. The van der Waals surface area contributed by atoms with Crippen molar-refractivity contribution in [3.8, 4) is 6.07 Å². The van der Waals surface area contributed by atoms with E-state index in [0.717, 1.165) is 13.2 Å². The summed E-state index contributed by atoms with van der Waals surface area (Å²) in [6, 6.07) is 2.01. The molecule has 3 heteroatoms. The van der Waals surface area contributed by atoms with Gasteiger partial charge in [-0.25, -0.2) is 0 Å². The fraction of sp³-hybridized carbons (Fsp3) is 0.857. The molecule has 0 aliphatic rings. The zero-order valence-corrected chi connectivity index (χ0v) is 6.55. The SMILES string of the molecule is COCC(C)CNCC#N. The first-order chi connectivity index (χ1) is 4.81. The highest BCUT2D eigenvalue weighted by molar-refractivity contribution is 4.73. The third-order valence-corrected chi connectivity index (χ3v) is 1.15. The van der Waals surface area contributed by atoms with E-state index in [4.69, 9.17) is 10.00 Å². The van der Waals surface area contributed by atoms with Gasteiger partial charge in [0.05, 0.1) is 12.6 Å². The minimum Gasteiger partial charge on any atom is -0.384 e. The molecule has 0 amide bonds. The predicted molar refractivity (Wildman–Crippen MR) is 39.5 cm³/mol. The van der Waals surface area contributed by atoms with Gasteiger partial charge < -0.3 is 10.1 Å². The molecule has 0 spiro atoms. The van der Waals surface area contributed by atoms with Crippen LogP contribution in [-0.2, 0) is 4.74 Å². The van der Waals surface area contributed by atoms with Gasteiger partial charge in [0.2, 0.25) is 0 Å². The van der Waals surface area contributed by atoms with E-state index in [2.05, 4.69) is 12.2 Å². The molecule has 0 aromatic rings. The molecule has 0 bridgehead atoms. The molecule has 0 saturated heterocycles. The highest BCUT2D eigenvalue weighted by Crippen LogP contribution is 1.90. The number of hydrogen-bond donors (Lipinski definition) is 1. The highest BCUT2D eigenvalue weighted by atomic mass is 16.5. The van der Waals surface area contributed by atoms with Crippen molar-refractivity contribution < 1.29 is 4.74 Å². The average molecular weight is 142 g/mol. The van der Waals surface area contributed by atoms with Crippen molar-refractivity contribution >= 4 is 0 Å². The quantitative estimate of drug-likeness (QED) is 0.446. The van der Waals surface area contributed by atoms with Crippen LogP contribution in [0.5, 0.6) is 0 Å². The van der Waals surface area contributed by atoms with Crippen molar-refractivity contribution in [2.24, 2.45) is 5.92 Å². The normalized spacial score (nSPS) is 12.5. The maximum Gasteiger partial charge on any atom is 0.0841 e. The van der Waals surface area contributed by atoms with Crippen molar-refractivity contribution in [1.82, 2.24) is 5.32 Å². The van der Waals surface area contributed by atoms with Gasteiger partial charge in [0.25, 0.3) is 0 Å². The summed E-state index contributed by atoms with van der Waals surface area (Å²) in [6.07, 6.45) is 0. The van der Waals surface area contributed by atoms with Crippen molar-refractivity contribution in [3.63, 3.8) is 0 Å². The summed E-state index contributed by atoms with van der Waals surface area (Å²) in [6.45, 7) is 4.10. The first-order valence-corrected chi connectivity index (χ1v) is 3.38. The number of methoxy groups -OCH3 is 1. The van der Waals surface area contributed by atoms with Crippen LogP contribution in [-0.4, -0.2) is 26.8 Å². The van der Waals surface area contributed by atoms with E-state index in [-0.39, 0.29) is 0 Å².